The van der Waals surface area contributed by atoms with Crippen LogP contribution in [0.1, 0.15) is 28.8 Å². The number of rotatable bonds is 3. The van der Waals surface area contributed by atoms with Gasteiger partial charge in [0, 0.05) is 13.1 Å². The van der Waals surface area contributed by atoms with Gasteiger partial charge in [-0.2, -0.15) is 5.10 Å². The molecule has 1 saturated heterocycles. The third kappa shape index (κ3) is 3.91. The van der Waals surface area contributed by atoms with Crippen molar-refractivity contribution in [1.82, 2.24) is 10.3 Å². The van der Waals surface area contributed by atoms with Crippen molar-refractivity contribution in [2.24, 2.45) is 5.10 Å². The summed E-state index contributed by atoms with van der Waals surface area (Å²) in [5.74, 6) is -1.73. The number of hydrazone groups is 1. The van der Waals surface area contributed by atoms with E-state index in [4.69, 9.17) is 0 Å². The van der Waals surface area contributed by atoms with Crippen molar-refractivity contribution in [1.29, 1.82) is 0 Å². The van der Waals surface area contributed by atoms with Gasteiger partial charge in [0.1, 0.15) is 0 Å². The smallest absolute Gasteiger partial charge is 0.337 e. The number of hydrogen-bond donors (Lipinski definition) is 1. The topological polar surface area (TPSA) is 88.1 Å². The molecule has 1 fully saturated rings. The fourth-order valence-corrected chi connectivity index (χ4v) is 2.10. The van der Waals surface area contributed by atoms with Gasteiger partial charge in [0.2, 0.25) is 0 Å². The van der Waals surface area contributed by atoms with Crippen LogP contribution in [0.4, 0.5) is 0 Å². The number of nitrogens with one attached hydrogen (secondary N) is 1. The summed E-state index contributed by atoms with van der Waals surface area (Å²) in [5.41, 5.74) is 3.31. The number of benzene rings is 1. The number of esters is 1. The molecule has 0 unspecified atom stereocenters. The van der Waals surface area contributed by atoms with Crippen LogP contribution in [0.5, 0.6) is 0 Å². The van der Waals surface area contributed by atoms with Gasteiger partial charge in [-0.1, -0.05) is 12.1 Å². The molecule has 1 aromatic rings. The minimum absolute atomic E-state index is 0.423. The molecule has 116 valence electrons. The zero-order valence-electron chi connectivity index (χ0n) is 12.2. The second kappa shape index (κ2) is 7.35. The summed E-state index contributed by atoms with van der Waals surface area (Å²) in [5, 5.41) is 3.74. The summed E-state index contributed by atoms with van der Waals surface area (Å²) in [4.78, 5) is 36.1. The van der Waals surface area contributed by atoms with Crippen LogP contribution in [0.15, 0.2) is 29.4 Å². The molecule has 1 aromatic carbocycles. The lowest BCUT2D eigenvalue weighted by atomic mass is 10.1. The van der Waals surface area contributed by atoms with Crippen molar-refractivity contribution in [3.63, 3.8) is 0 Å². The quantitative estimate of drug-likeness (QED) is 0.382. The maximum atomic E-state index is 11.7. The van der Waals surface area contributed by atoms with Crippen molar-refractivity contribution >= 4 is 24.0 Å². The van der Waals surface area contributed by atoms with Crippen LogP contribution in [-0.4, -0.2) is 49.1 Å². The Kier molecular flexibility index (Phi) is 5.24. The Morgan fingerprint density at radius 3 is 2.41 bits per heavy atom. The van der Waals surface area contributed by atoms with E-state index in [9.17, 15) is 14.4 Å². The van der Waals surface area contributed by atoms with Gasteiger partial charge in [-0.3, -0.25) is 9.59 Å². The highest BCUT2D eigenvalue weighted by Crippen LogP contribution is 2.07. The third-order valence-corrected chi connectivity index (χ3v) is 3.30. The minimum atomic E-state index is -0.746. The average Bonchev–Trinajstić information content (AvgIpc) is 3.08. The molecular formula is C15H17N3O4. The lowest BCUT2D eigenvalue weighted by Crippen LogP contribution is -2.39. The van der Waals surface area contributed by atoms with Crippen LogP contribution in [0.25, 0.3) is 0 Å². The van der Waals surface area contributed by atoms with E-state index in [-0.39, 0.29) is 0 Å². The van der Waals surface area contributed by atoms with Crippen LogP contribution < -0.4 is 5.43 Å². The van der Waals surface area contributed by atoms with Crippen LogP contribution in [-0.2, 0) is 14.3 Å². The molecule has 1 N–H and O–H groups in total. The SMILES string of the molecule is COC(=O)c1ccc(/C=N\NC(=O)C(=O)N2CCCC2)cc1. The first-order valence-corrected chi connectivity index (χ1v) is 6.92. The van der Waals surface area contributed by atoms with Crippen LogP contribution in [0.3, 0.4) is 0 Å². The molecule has 0 saturated carbocycles. The summed E-state index contributed by atoms with van der Waals surface area (Å²) in [7, 11) is 1.31. The number of carbonyl (C=O) groups excluding carboxylic acids is 3. The molecule has 0 aliphatic carbocycles. The van der Waals surface area contributed by atoms with E-state index in [0.717, 1.165) is 12.8 Å². The zero-order chi connectivity index (χ0) is 15.9. The Labute approximate surface area is 127 Å². The van der Waals surface area contributed by atoms with Crippen molar-refractivity contribution < 1.29 is 19.1 Å². The summed E-state index contributed by atoms with van der Waals surface area (Å²) in [6.45, 7) is 1.23. The van der Waals surface area contributed by atoms with Crippen LogP contribution >= 0.6 is 0 Å². The molecular weight excluding hydrogens is 286 g/mol. The van der Waals surface area contributed by atoms with Crippen molar-refractivity contribution in [3.05, 3.63) is 35.4 Å². The molecule has 2 amide bonds. The highest BCUT2D eigenvalue weighted by atomic mass is 16.5. The molecule has 7 nitrogen and oxygen atoms in total. The van der Waals surface area contributed by atoms with E-state index in [0.29, 0.717) is 24.2 Å². The predicted octanol–water partition coefficient (Wildman–Crippen LogP) is 0.546. The summed E-state index contributed by atoms with van der Waals surface area (Å²) in [6.07, 6.45) is 3.25. The van der Waals surface area contributed by atoms with E-state index in [1.54, 1.807) is 24.3 Å². The Bertz CT molecular complexity index is 589. The fraction of sp³-hybridized carbons (Fsp3) is 0.333. The number of likely N-dealkylation sites (tertiary alicyclic amines) is 1. The Balaban J connectivity index is 1.87. The van der Waals surface area contributed by atoms with E-state index in [1.807, 2.05) is 0 Å². The van der Waals surface area contributed by atoms with Gasteiger partial charge in [-0.25, -0.2) is 10.2 Å². The number of amides is 2. The van der Waals surface area contributed by atoms with Gasteiger partial charge in [-0.05, 0) is 30.5 Å². The molecule has 2 rings (SSSR count). The van der Waals surface area contributed by atoms with Crippen LogP contribution in [0.2, 0.25) is 0 Å². The molecule has 0 atom stereocenters. The van der Waals surface area contributed by atoms with Gasteiger partial charge >= 0.3 is 17.8 Å². The molecule has 1 heterocycles. The van der Waals surface area contributed by atoms with E-state index < -0.39 is 17.8 Å². The Hall–Kier alpha value is -2.70. The molecule has 1 aliphatic rings. The van der Waals surface area contributed by atoms with Crippen LogP contribution in [0, 0.1) is 0 Å². The lowest BCUT2D eigenvalue weighted by Gasteiger charge is -2.12. The van der Waals surface area contributed by atoms with Gasteiger partial charge < -0.3 is 9.64 Å². The van der Waals surface area contributed by atoms with E-state index >= 15 is 0 Å². The second-order valence-electron chi connectivity index (χ2n) is 4.81. The van der Waals surface area contributed by atoms with Gasteiger partial charge in [0.25, 0.3) is 0 Å². The maximum absolute atomic E-state index is 11.7. The first-order chi connectivity index (χ1) is 10.6. The maximum Gasteiger partial charge on any atom is 0.337 e. The standard InChI is InChI=1S/C15H17N3O4/c1-22-15(21)12-6-4-11(5-7-12)10-16-17-13(19)14(20)18-8-2-3-9-18/h4-7,10H,2-3,8-9H2,1H3,(H,17,19)/b16-10-. The summed E-state index contributed by atoms with van der Waals surface area (Å²) in [6, 6.07) is 6.49. The molecule has 0 spiro atoms. The number of hydrogen-bond acceptors (Lipinski definition) is 5. The van der Waals surface area contributed by atoms with Crippen molar-refractivity contribution in [2.45, 2.75) is 12.8 Å². The highest BCUT2D eigenvalue weighted by Gasteiger charge is 2.23. The van der Waals surface area contributed by atoms with E-state index in [1.165, 1.54) is 18.2 Å². The van der Waals surface area contributed by atoms with Gasteiger partial charge in [0.05, 0.1) is 18.9 Å². The number of ether oxygens (including phenoxy) is 1. The Morgan fingerprint density at radius 1 is 1.18 bits per heavy atom. The molecule has 0 aromatic heterocycles. The molecule has 22 heavy (non-hydrogen) atoms. The molecule has 0 bridgehead atoms. The monoisotopic (exact) mass is 303 g/mol. The van der Waals surface area contributed by atoms with Crippen molar-refractivity contribution in [2.75, 3.05) is 20.2 Å². The van der Waals surface area contributed by atoms with Gasteiger partial charge in [-0.15, -0.1) is 0 Å². The molecule has 0 radical (unpaired) electrons. The van der Waals surface area contributed by atoms with Crippen molar-refractivity contribution in [3.8, 4) is 0 Å². The number of carbonyl (C=O) groups is 3. The second-order valence-corrected chi connectivity index (χ2v) is 4.81. The molecule has 7 heteroatoms. The molecule has 1 aliphatic heterocycles. The Morgan fingerprint density at radius 2 is 1.82 bits per heavy atom. The minimum Gasteiger partial charge on any atom is -0.465 e. The highest BCUT2D eigenvalue weighted by molar-refractivity contribution is 6.35. The van der Waals surface area contributed by atoms with E-state index in [2.05, 4.69) is 15.3 Å². The normalized spacial score (nSPS) is 14.1. The van der Waals surface area contributed by atoms with Gasteiger partial charge in [0.15, 0.2) is 0 Å². The summed E-state index contributed by atoms with van der Waals surface area (Å²) < 4.78 is 4.59. The first-order valence-electron chi connectivity index (χ1n) is 6.92. The summed E-state index contributed by atoms with van der Waals surface area (Å²) >= 11 is 0. The zero-order valence-corrected chi connectivity index (χ0v) is 12.2. The first kappa shape index (κ1) is 15.7. The largest absolute Gasteiger partial charge is 0.465 e. The lowest BCUT2D eigenvalue weighted by molar-refractivity contribution is -0.145. The fourth-order valence-electron chi connectivity index (χ4n) is 2.10. The average molecular weight is 303 g/mol. The number of nitrogens with zero attached hydrogens (tertiary/aromatic N) is 2. The number of methoxy groups -OCH3 is 1. The predicted molar refractivity (Wildman–Crippen MR) is 79.3 cm³/mol. The third-order valence-electron chi connectivity index (χ3n) is 3.30.